The van der Waals surface area contributed by atoms with E-state index in [4.69, 9.17) is 9.47 Å². The molecule has 0 saturated carbocycles. The molecule has 0 atom stereocenters. The molecule has 0 aromatic carbocycles. The molecular formula is C12H20N2O2. The van der Waals surface area contributed by atoms with Crippen molar-refractivity contribution in [1.82, 2.24) is 4.98 Å². The summed E-state index contributed by atoms with van der Waals surface area (Å²) in [6.07, 6.45) is 0. The van der Waals surface area contributed by atoms with Gasteiger partial charge in [0.25, 0.3) is 0 Å². The van der Waals surface area contributed by atoms with Crippen LogP contribution in [-0.2, 0) is 4.74 Å². The van der Waals surface area contributed by atoms with Crippen LogP contribution in [-0.4, -0.2) is 31.9 Å². The Morgan fingerprint density at radius 2 is 2.19 bits per heavy atom. The zero-order valence-electron chi connectivity index (χ0n) is 10.2. The van der Waals surface area contributed by atoms with E-state index >= 15 is 0 Å². The van der Waals surface area contributed by atoms with E-state index in [1.165, 1.54) is 0 Å². The van der Waals surface area contributed by atoms with Crippen LogP contribution in [0.1, 0.15) is 13.8 Å². The fourth-order valence-corrected chi connectivity index (χ4v) is 1.20. The monoisotopic (exact) mass is 224 g/mol. The van der Waals surface area contributed by atoms with Gasteiger partial charge in [-0.3, -0.25) is 0 Å². The first-order chi connectivity index (χ1) is 7.72. The van der Waals surface area contributed by atoms with E-state index in [1.54, 1.807) is 7.11 Å². The zero-order chi connectivity index (χ0) is 11.8. The number of ether oxygens (including phenoxy) is 2. The maximum atomic E-state index is 5.45. The maximum absolute atomic E-state index is 5.45. The molecule has 16 heavy (non-hydrogen) atoms. The van der Waals surface area contributed by atoms with Gasteiger partial charge in [0.2, 0.25) is 5.88 Å². The quantitative estimate of drug-likeness (QED) is 0.721. The molecule has 0 bridgehead atoms. The van der Waals surface area contributed by atoms with Gasteiger partial charge in [-0.05, 0) is 12.0 Å². The predicted molar refractivity (Wildman–Crippen MR) is 64.9 cm³/mol. The summed E-state index contributed by atoms with van der Waals surface area (Å²) >= 11 is 0. The number of methoxy groups -OCH3 is 1. The van der Waals surface area contributed by atoms with Crippen molar-refractivity contribution in [3.63, 3.8) is 0 Å². The Balaban J connectivity index is 2.21. The van der Waals surface area contributed by atoms with Crippen molar-refractivity contribution < 1.29 is 9.47 Å². The van der Waals surface area contributed by atoms with Gasteiger partial charge >= 0.3 is 0 Å². The molecule has 0 saturated heterocycles. The van der Waals surface area contributed by atoms with E-state index in [0.717, 1.165) is 19.0 Å². The molecule has 4 nitrogen and oxygen atoms in total. The number of anilines is 1. The number of rotatable bonds is 7. The van der Waals surface area contributed by atoms with Gasteiger partial charge in [0.15, 0.2) is 0 Å². The summed E-state index contributed by atoms with van der Waals surface area (Å²) in [6, 6.07) is 5.63. The van der Waals surface area contributed by atoms with E-state index in [1.807, 2.05) is 18.2 Å². The fraction of sp³-hybridized carbons (Fsp3) is 0.583. The van der Waals surface area contributed by atoms with Crippen molar-refractivity contribution in [1.29, 1.82) is 0 Å². The van der Waals surface area contributed by atoms with Crippen LogP contribution >= 0.6 is 0 Å². The van der Waals surface area contributed by atoms with E-state index < -0.39 is 0 Å². The van der Waals surface area contributed by atoms with Crippen LogP contribution in [0.4, 0.5) is 5.82 Å². The third-order valence-electron chi connectivity index (χ3n) is 1.94. The summed E-state index contributed by atoms with van der Waals surface area (Å²) in [4.78, 5) is 4.24. The lowest BCUT2D eigenvalue weighted by molar-refractivity contribution is 0.118. The molecule has 0 spiro atoms. The van der Waals surface area contributed by atoms with Crippen LogP contribution < -0.4 is 10.1 Å². The normalized spacial score (nSPS) is 10.5. The van der Waals surface area contributed by atoms with Crippen molar-refractivity contribution in [2.45, 2.75) is 13.8 Å². The van der Waals surface area contributed by atoms with Crippen LogP contribution in [0.25, 0.3) is 0 Å². The first-order valence-electron chi connectivity index (χ1n) is 5.55. The van der Waals surface area contributed by atoms with Gasteiger partial charge in [0.1, 0.15) is 5.82 Å². The number of aromatic nitrogens is 1. The first kappa shape index (κ1) is 12.8. The molecule has 1 aromatic rings. The van der Waals surface area contributed by atoms with E-state index in [-0.39, 0.29) is 0 Å². The standard InChI is InChI=1S/C12H20N2O2/c1-10(2)9-16-8-7-13-11-5-4-6-12(14-11)15-3/h4-6,10H,7-9H2,1-3H3,(H,13,14). The Bertz CT molecular complexity index is 303. The van der Waals surface area contributed by atoms with Crippen LogP contribution in [0.3, 0.4) is 0 Å². The van der Waals surface area contributed by atoms with Crippen LogP contribution in [0.5, 0.6) is 5.88 Å². The Kier molecular flexibility index (Phi) is 5.64. The highest BCUT2D eigenvalue weighted by Crippen LogP contribution is 2.09. The molecule has 0 radical (unpaired) electrons. The Morgan fingerprint density at radius 3 is 2.88 bits per heavy atom. The summed E-state index contributed by atoms with van der Waals surface area (Å²) in [7, 11) is 1.61. The summed E-state index contributed by atoms with van der Waals surface area (Å²) in [5, 5.41) is 3.18. The van der Waals surface area contributed by atoms with Gasteiger partial charge in [-0.1, -0.05) is 19.9 Å². The summed E-state index contributed by atoms with van der Waals surface area (Å²) in [5.41, 5.74) is 0. The van der Waals surface area contributed by atoms with Gasteiger partial charge in [-0.2, -0.15) is 4.98 Å². The average molecular weight is 224 g/mol. The van der Waals surface area contributed by atoms with Crippen molar-refractivity contribution in [2.24, 2.45) is 5.92 Å². The van der Waals surface area contributed by atoms with Crippen LogP contribution in [0, 0.1) is 5.92 Å². The molecule has 1 rings (SSSR count). The van der Waals surface area contributed by atoms with E-state index in [2.05, 4.69) is 24.1 Å². The molecule has 1 N–H and O–H groups in total. The number of nitrogens with zero attached hydrogens (tertiary/aromatic N) is 1. The minimum Gasteiger partial charge on any atom is -0.481 e. The third-order valence-corrected chi connectivity index (χ3v) is 1.94. The number of pyridine rings is 1. The summed E-state index contributed by atoms with van der Waals surface area (Å²) in [5.74, 6) is 2.01. The molecule has 0 aliphatic rings. The summed E-state index contributed by atoms with van der Waals surface area (Å²) < 4.78 is 10.5. The van der Waals surface area contributed by atoms with Crippen molar-refractivity contribution in [2.75, 3.05) is 32.2 Å². The summed E-state index contributed by atoms with van der Waals surface area (Å²) in [6.45, 7) is 6.52. The predicted octanol–water partition coefficient (Wildman–Crippen LogP) is 2.17. The van der Waals surface area contributed by atoms with Gasteiger partial charge < -0.3 is 14.8 Å². The number of hydrogen-bond acceptors (Lipinski definition) is 4. The highest BCUT2D eigenvalue weighted by Gasteiger charge is 1.97. The lowest BCUT2D eigenvalue weighted by Crippen LogP contribution is -2.12. The van der Waals surface area contributed by atoms with Gasteiger partial charge in [0.05, 0.1) is 13.7 Å². The SMILES string of the molecule is COc1cccc(NCCOCC(C)C)n1. The smallest absolute Gasteiger partial charge is 0.214 e. The Morgan fingerprint density at radius 1 is 1.38 bits per heavy atom. The molecular weight excluding hydrogens is 204 g/mol. The molecule has 0 aliphatic heterocycles. The second-order valence-electron chi connectivity index (χ2n) is 3.96. The molecule has 1 heterocycles. The van der Waals surface area contributed by atoms with Gasteiger partial charge in [-0.15, -0.1) is 0 Å². The molecule has 4 heteroatoms. The number of hydrogen-bond donors (Lipinski definition) is 1. The van der Waals surface area contributed by atoms with Crippen LogP contribution in [0.15, 0.2) is 18.2 Å². The topological polar surface area (TPSA) is 43.4 Å². The highest BCUT2D eigenvalue weighted by atomic mass is 16.5. The molecule has 1 aromatic heterocycles. The average Bonchev–Trinajstić information content (AvgIpc) is 2.28. The highest BCUT2D eigenvalue weighted by molar-refractivity contribution is 5.36. The Hall–Kier alpha value is -1.29. The lowest BCUT2D eigenvalue weighted by Gasteiger charge is -2.08. The first-order valence-corrected chi connectivity index (χ1v) is 5.55. The second-order valence-corrected chi connectivity index (χ2v) is 3.96. The van der Waals surface area contributed by atoms with Crippen molar-refractivity contribution in [3.8, 4) is 5.88 Å². The number of nitrogens with one attached hydrogen (secondary N) is 1. The minimum atomic E-state index is 0.579. The third kappa shape index (κ3) is 4.98. The molecule has 0 aliphatic carbocycles. The minimum absolute atomic E-state index is 0.579. The van der Waals surface area contributed by atoms with Gasteiger partial charge in [-0.25, -0.2) is 0 Å². The second kappa shape index (κ2) is 7.06. The molecule has 0 amide bonds. The molecule has 90 valence electrons. The van der Waals surface area contributed by atoms with Crippen LogP contribution in [0.2, 0.25) is 0 Å². The van der Waals surface area contributed by atoms with E-state index in [9.17, 15) is 0 Å². The Labute approximate surface area is 97.0 Å². The van der Waals surface area contributed by atoms with E-state index in [0.29, 0.717) is 18.4 Å². The lowest BCUT2D eigenvalue weighted by atomic mass is 10.2. The molecule has 0 unspecified atom stereocenters. The molecule has 0 fully saturated rings. The van der Waals surface area contributed by atoms with Gasteiger partial charge in [0, 0.05) is 19.2 Å². The van der Waals surface area contributed by atoms with Crippen molar-refractivity contribution >= 4 is 5.82 Å². The fourth-order valence-electron chi connectivity index (χ4n) is 1.20. The zero-order valence-corrected chi connectivity index (χ0v) is 10.2. The largest absolute Gasteiger partial charge is 0.481 e. The maximum Gasteiger partial charge on any atom is 0.214 e. The van der Waals surface area contributed by atoms with Crippen molar-refractivity contribution in [3.05, 3.63) is 18.2 Å².